The van der Waals surface area contributed by atoms with Crippen molar-refractivity contribution in [3.8, 4) is 5.75 Å². The molecule has 6 heteroatoms. The highest BCUT2D eigenvalue weighted by atomic mass is 19.1. The van der Waals surface area contributed by atoms with E-state index in [0.29, 0.717) is 0 Å². The number of nitrogens with two attached hydrogens (primary N) is 1. The normalized spacial score (nSPS) is 11.4. The Kier molecular flexibility index (Phi) is 3.32. The molecule has 0 saturated carbocycles. The number of halogens is 2. The summed E-state index contributed by atoms with van der Waals surface area (Å²) in [6.07, 6.45) is 0. The molecule has 1 heterocycles. The zero-order chi connectivity index (χ0) is 12.5. The Hall–Kier alpha value is -1.43. The van der Waals surface area contributed by atoms with Crippen LogP contribution in [0.2, 0.25) is 0 Å². The lowest BCUT2D eigenvalue weighted by Gasteiger charge is -2.23. The van der Waals surface area contributed by atoms with Crippen LogP contribution in [-0.2, 0) is 0 Å². The lowest BCUT2D eigenvalue weighted by molar-refractivity contribution is 0.122. The molecule has 4 nitrogen and oxygen atoms in total. The van der Waals surface area contributed by atoms with E-state index < -0.39 is 17.4 Å². The minimum absolute atomic E-state index is 0.0198. The van der Waals surface area contributed by atoms with Crippen LogP contribution in [0.3, 0.4) is 0 Å². The molecule has 0 saturated heterocycles. The Morgan fingerprint density at radius 3 is 2.31 bits per heavy atom. The highest BCUT2D eigenvalue weighted by Crippen LogP contribution is 2.30. The van der Waals surface area contributed by atoms with Crippen LogP contribution in [0, 0.1) is 18.7 Å². The molecule has 90 valence electrons. The molecule has 1 aromatic rings. The molecule has 0 aromatic carbocycles. The molecule has 1 rings (SSSR count). The van der Waals surface area contributed by atoms with E-state index in [1.165, 1.54) is 6.92 Å². The third-order valence-corrected chi connectivity index (χ3v) is 1.81. The number of anilines is 1. The second-order valence-electron chi connectivity index (χ2n) is 4.38. The van der Waals surface area contributed by atoms with Gasteiger partial charge in [0.25, 0.3) is 0 Å². The van der Waals surface area contributed by atoms with Gasteiger partial charge in [0.05, 0.1) is 0 Å². The van der Waals surface area contributed by atoms with Crippen LogP contribution in [0.5, 0.6) is 5.75 Å². The van der Waals surface area contributed by atoms with Gasteiger partial charge in [-0.25, -0.2) is 5.84 Å². The Balaban J connectivity index is 3.30. The molecule has 1 aromatic heterocycles. The van der Waals surface area contributed by atoms with Crippen LogP contribution in [0.25, 0.3) is 0 Å². The van der Waals surface area contributed by atoms with Crippen molar-refractivity contribution in [1.82, 2.24) is 4.98 Å². The quantitative estimate of drug-likeness (QED) is 0.465. The minimum atomic E-state index is -0.811. The summed E-state index contributed by atoms with van der Waals surface area (Å²) in [5.41, 5.74) is 1.37. The maximum absolute atomic E-state index is 13.7. The molecule has 0 atom stereocenters. The van der Waals surface area contributed by atoms with Gasteiger partial charge in [0, 0.05) is 5.56 Å². The Bertz CT molecular complexity index is 402. The zero-order valence-corrected chi connectivity index (χ0v) is 9.69. The molecular weight excluding hydrogens is 216 g/mol. The first-order chi connectivity index (χ1) is 7.26. The van der Waals surface area contributed by atoms with Gasteiger partial charge in [-0.05, 0) is 27.7 Å². The maximum atomic E-state index is 13.7. The summed E-state index contributed by atoms with van der Waals surface area (Å²) < 4.78 is 32.4. The first kappa shape index (κ1) is 12.6. The average Bonchev–Trinajstić information content (AvgIpc) is 2.17. The van der Waals surface area contributed by atoms with Gasteiger partial charge in [0.15, 0.2) is 11.6 Å². The van der Waals surface area contributed by atoms with Crippen molar-refractivity contribution in [3.63, 3.8) is 0 Å². The zero-order valence-electron chi connectivity index (χ0n) is 9.69. The summed E-state index contributed by atoms with van der Waals surface area (Å²) in [7, 11) is 0. The summed E-state index contributed by atoms with van der Waals surface area (Å²) in [6.45, 7) is 6.60. The first-order valence-electron chi connectivity index (χ1n) is 4.77. The molecule has 0 aliphatic heterocycles. The second kappa shape index (κ2) is 4.21. The van der Waals surface area contributed by atoms with Gasteiger partial charge < -0.3 is 10.2 Å². The Morgan fingerprint density at radius 1 is 1.31 bits per heavy atom. The molecule has 0 aliphatic carbocycles. The number of pyridine rings is 1. The number of rotatable bonds is 2. The number of nitrogens with zero attached hydrogens (tertiary/aromatic N) is 1. The molecule has 0 unspecified atom stereocenters. The summed E-state index contributed by atoms with van der Waals surface area (Å²) >= 11 is 0. The SMILES string of the molecule is Cc1c(F)nc(NN)c(F)c1OC(C)(C)C. The van der Waals surface area contributed by atoms with E-state index in [9.17, 15) is 8.78 Å². The van der Waals surface area contributed by atoms with E-state index in [1.807, 2.05) is 5.43 Å². The summed E-state index contributed by atoms with van der Waals surface area (Å²) in [6, 6.07) is 0. The third-order valence-electron chi connectivity index (χ3n) is 1.81. The molecule has 0 spiro atoms. The van der Waals surface area contributed by atoms with Gasteiger partial charge in [-0.3, -0.25) is 0 Å². The molecular formula is C10H15F2N3O. The fourth-order valence-electron chi connectivity index (χ4n) is 1.12. The van der Waals surface area contributed by atoms with Gasteiger partial charge in [0.1, 0.15) is 5.60 Å². The van der Waals surface area contributed by atoms with E-state index in [-0.39, 0.29) is 17.1 Å². The second-order valence-corrected chi connectivity index (χ2v) is 4.38. The maximum Gasteiger partial charge on any atom is 0.221 e. The van der Waals surface area contributed by atoms with E-state index in [0.717, 1.165) is 0 Å². The van der Waals surface area contributed by atoms with Crippen LogP contribution in [0.15, 0.2) is 0 Å². The molecule has 0 radical (unpaired) electrons. The number of hydrogen-bond acceptors (Lipinski definition) is 4. The Labute approximate surface area is 92.8 Å². The van der Waals surface area contributed by atoms with Gasteiger partial charge in [0.2, 0.25) is 11.8 Å². The molecule has 3 N–H and O–H groups in total. The van der Waals surface area contributed by atoms with E-state index in [4.69, 9.17) is 10.6 Å². The number of nitrogen functional groups attached to an aromatic ring is 1. The minimum Gasteiger partial charge on any atom is -0.484 e. The van der Waals surface area contributed by atoms with Crippen molar-refractivity contribution < 1.29 is 13.5 Å². The summed E-state index contributed by atoms with van der Waals surface area (Å²) in [5, 5.41) is 0. The first-order valence-corrected chi connectivity index (χ1v) is 4.77. The number of aromatic nitrogens is 1. The largest absolute Gasteiger partial charge is 0.484 e. The van der Waals surface area contributed by atoms with Gasteiger partial charge in [-0.15, -0.1) is 0 Å². The molecule has 0 amide bonds. The fraction of sp³-hybridized carbons (Fsp3) is 0.500. The number of hydrazine groups is 1. The highest BCUT2D eigenvalue weighted by Gasteiger charge is 2.22. The lowest BCUT2D eigenvalue weighted by atomic mass is 10.1. The van der Waals surface area contributed by atoms with Gasteiger partial charge in [-0.1, -0.05) is 0 Å². The number of ether oxygens (including phenoxy) is 1. The van der Waals surface area contributed by atoms with Crippen molar-refractivity contribution in [2.24, 2.45) is 5.84 Å². The Morgan fingerprint density at radius 2 is 1.88 bits per heavy atom. The summed E-state index contributed by atoms with van der Waals surface area (Å²) in [5.74, 6) is 2.87. The van der Waals surface area contributed by atoms with Crippen LogP contribution >= 0.6 is 0 Å². The summed E-state index contributed by atoms with van der Waals surface area (Å²) in [4.78, 5) is 3.32. The van der Waals surface area contributed by atoms with E-state index >= 15 is 0 Å². The highest BCUT2D eigenvalue weighted by molar-refractivity contribution is 5.46. The monoisotopic (exact) mass is 231 g/mol. The topological polar surface area (TPSA) is 60.2 Å². The predicted octanol–water partition coefficient (Wildman–Crippen LogP) is 2.13. The number of hydrogen-bond donors (Lipinski definition) is 2. The van der Waals surface area contributed by atoms with Crippen LogP contribution in [0.4, 0.5) is 14.6 Å². The third kappa shape index (κ3) is 2.57. The average molecular weight is 231 g/mol. The van der Waals surface area contributed by atoms with Crippen LogP contribution in [-0.4, -0.2) is 10.6 Å². The molecule has 16 heavy (non-hydrogen) atoms. The fourth-order valence-corrected chi connectivity index (χ4v) is 1.12. The van der Waals surface area contributed by atoms with Gasteiger partial charge >= 0.3 is 0 Å². The van der Waals surface area contributed by atoms with Crippen molar-refractivity contribution in [3.05, 3.63) is 17.3 Å². The lowest BCUT2D eigenvalue weighted by Crippen LogP contribution is -2.25. The molecule has 0 bridgehead atoms. The van der Waals surface area contributed by atoms with Crippen molar-refractivity contribution in [1.29, 1.82) is 0 Å². The standard InChI is InChI=1S/C10H15F2N3O/c1-5-7(16-10(2,3)4)6(11)9(15-13)14-8(5)12/h13H2,1-4H3,(H,14,15). The van der Waals surface area contributed by atoms with Crippen LogP contribution < -0.4 is 16.0 Å². The van der Waals surface area contributed by atoms with Crippen LogP contribution in [0.1, 0.15) is 26.3 Å². The smallest absolute Gasteiger partial charge is 0.221 e. The molecule has 0 fully saturated rings. The predicted molar refractivity (Wildman–Crippen MR) is 57.1 cm³/mol. The number of nitrogens with one attached hydrogen (secondary N) is 1. The van der Waals surface area contributed by atoms with E-state index in [2.05, 4.69) is 4.98 Å². The van der Waals surface area contributed by atoms with Crippen molar-refractivity contribution in [2.75, 3.05) is 5.43 Å². The van der Waals surface area contributed by atoms with Crippen molar-refractivity contribution in [2.45, 2.75) is 33.3 Å². The van der Waals surface area contributed by atoms with Gasteiger partial charge in [-0.2, -0.15) is 13.8 Å². The van der Waals surface area contributed by atoms with E-state index in [1.54, 1.807) is 20.8 Å². The van der Waals surface area contributed by atoms with Crippen molar-refractivity contribution >= 4 is 5.82 Å². The molecule has 0 aliphatic rings.